The van der Waals surface area contributed by atoms with E-state index in [2.05, 4.69) is 10.2 Å². The number of nitrogen functional groups attached to an aromatic ring is 1. The predicted molar refractivity (Wildman–Crippen MR) is 50.9 cm³/mol. The predicted octanol–water partition coefficient (Wildman–Crippen LogP) is 0.874. The van der Waals surface area contributed by atoms with Gasteiger partial charge in [-0.05, 0) is 25.1 Å². The van der Waals surface area contributed by atoms with E-state index in [0.717, 1.165) is 26.1 Å². The van der Waals surface area contributed by atoms with Gasteiger partial charge in [0, 0.05) is 19.3 Å². The first-order valence-corrected chi connectivity index (χ1v) is 4.70. The lowest BCUT2D eigenvalue weighted by Gasteiger charge is -2.23. The molecule has 13 heavy (non-hydrogen) atoms. The Labute approximate surface area is 80.9 Å². The molecule has 2 rings (SSSR count). The zero-order chi connectivity index (χ0) is 9.26. The molecular formula is C7H12N4OS. The number of aromatic amines is 1. The maximum Gasteiger partial charge on any atom is 0.220 e. The third-order valence-electron chi connectivity index (χ3n) is 2.29. The summed E-state index contributed by atoms with van der Waals surface area (Å²) >= 11 is 5.08. The van der Waals surface area contributed by atoms with Gasteiger partial charge in [-0.25, -0.2) is 5.10 Å². The summed E-state index contributed by atoms with van der Waals surface area (Å²) < 4.78 is 7.73. The van der Waals surface area contributed by atoms with Crippen molar-refractivity contribution in [3.05, 3.63) is 4.77 Å². The SMILES string of the molecule is Nc1n[nH]c(=S)n1C1CCOCC1. The van der Waals surface area contributed by atoms with Crippen molar-refractivity contribution in [2.75, 3.05) is 18.9 Å². The van der Waals surface area contributed by atoms with E-state index in [1.165, 1.54) is 0 Å². The average Bonchev–Trinajstić information content (AvgIpc) is 2.48. The maximum atomic E-state index is 5.69. The Kier molecular flexibility index (Phi) is 2.32. The van der Waals surface area contributed by atoms with Crippen LogP contribution in [0.2, 0.25) is 0 Å². The molecule has 0 saturated carbocycles. The van der Waals surface area contributed by atoms with Crippen LogP contribution in [-0.4, -0.2) is 28.0 Å². The largest absolute Gasteiger partial charge is 0.381 e. The fourth-order valence-corrected chi connectivity index (χ4v) is 1.90. The molecule has 0 spiro atoms. The Morgan fingerprint density at radius 2 is 2.23 bits per heavy atom. The first kappa shape index (κ1) is 8.71. The molecule has 1 aromatic rings. The van der Waals surface area contributed by atoms with Gasteiger partial charge in [-0.1, -0.05) is 0 Å². The monoisotopic (exact) mass is 200 g/mol. The van der Waals surface area contributed by atoms with Crippen LogP contribution in [0.1, 0.15) is 18.9 Å². The van der Waals surface area contributed by atoms with E-state index in [1.807, 2.05) is 4.57 Å². The van der Waals surface area contributed by atoms with Gasteiger partial charge in [-0.2, -0.15) is 0 Å². The van der Waals surface area contributed by atoms with Gasteiger partial charge in [0.05, 0.1) is 0 Å². The number of anilines is 1. The fraction of sp³-hybridized carbons (Fsp3) is 0.714. The van der Waals surface area contributed by atoms with Crippen molar-refractivity contribution in [1.29, 1.82) is 0 Å². The fourth-order valence-electron chi connectivity index (χ4n) is 1.61. The summed E-state index contributed by atoms with van der Waals surface area (Å²) in [5.74, 6) is 0.469. The molecule has 3 N–H and O–H groups in total. The highest BCUT2D eigenvalue weighted by Crippen LogP contribution is 2.22. The minimum atomic E-state index is 0.347. The lowest BCUT2D eigenvalue weighted by molar-refractivity contribution is 0.0697. The van der Waals surface area contributed by atoms with E-state index in [9.17, 15) is 0 Å². The molecule has 0 unspecified atom stereocenters. The van der Waals surface area contributed by atoms with Crippen molar-refractivity contribution in [3.63, 3.8) is 0 Å². The Morgan fingerprint density at radius 1 is 1.54 bits per heavy atom. The van der Waals surface area contributed by atoms with Crippen LogP contribution in [0, 0.1) is 4.77 Å². The van der Waals surface area contributed by atoms with Crippen LogP contribution in [0.4, 0.5) is 5.95 Å². The second kappa shape index (κ2) is 3.47. The lowest BCUT2D eigenvalue weighted by atomic mass is 10.1. The first-order valence-electron chi connectivity index (χ1n) is 4.29. The summed E-state index contributed by atoms with van der Waals surface area (Å²) in [6.07, 6.45) is 1.91. The molecule has 0 atom stereocenters. The van der Waals surface area contributed by atoms with Crippen molar-refractivity contribution in [2.24, 2.45) is 0 Å². The highest BCUT2D eigenvalue weighted by atomic mass is 32.1. The number of rotatable bonds is 1. The summed E-state index contributed by atoms with van der Waals surface area (Å²) in [6.45, 7) is 1.55. The van der Waals surface area contributed by atoms with Crippen LogP contribution in [0.25, 0.3) is 0 Å². The quantitative estimate of drug-likeness (QED) is 0.660. The van der Waals surface area contributed by atoms with Crippen molar-refractivity contribution in [2.45, 2.75) is 18.9 Å². The number of hydrogen-bond donors (Lipinski definition) is 2. The topological polar surface area (TPSA) is 68.9 Å². The molecule has 1 aliphatic rings. The lowest BCUT2D eigenvalue weighted by Crippen LogP contribution is -2.20. The molecule has 0 bridgehead atoms. The number of nitrogens with two attached hydrogens (primary N) is 1. The molecule has 1 aliphatic heterocycles. The van der Waals surface area contributed by atoms with Crippen LogP contribution in [0.15, 0.2) is 0 Å². The molecule has 1 aromatic heterocycles. The summed E-state index contributed by atoms with van der Waals surface area (Å²) in [6, 6.07) is 0.347. The van der Waals surface area contributed by atoms with Gasteiger partial charge in [0.2, 0.25) is 5.95 Å². The van der Waals surface area contributed by atoms with Crippen molar-refractivity contribution < 1.29 is 4.74 Å². The molecule has 1 fully saturated rings. The number of H-pyrrole nitrogens is 1. The van der Waals surface area contributed by atoms with E-state index >= 15 is 0 Å². The van der Waals surface area contributed by atoms with Crippen molar-refractivity contribution >= 4 is 18.2 Å². The van der Waals surface area contributed by atoms with Gasteiger partial charge in [0.25, 0.3) is 0 Å². The molecule has 1 saturated heterocycles. The number of ether oxygens (including phenoxy) is 1. The molecule has 0 radical (unpaired) electrons. The Bertz CT molecular complexity index is 339. The van der Waals surface area contributed by atoms with Crippen LogP contribution in [-0.2, 0) is 4.74 Å². The van der Waals surface area contributed by atoms with Gasteiger partial charge in [0.1, 0.15) is 0 Å². The molecule has 0 aromatic carbocycles. The second-order valence-corrected chi connectivity index (χ2v) is 3.49. The van der Waals surface area contributed by atoms with Crippen LogP contribution >= 0.6 is 12.2 Å². The number of nitrogens with zero attached hydrogens (tertiary/aromatic N) is 2. The third kappa shape index (κ3) is 1.59. The first-order chi connectivity index (χ1) is 6.29. The minimum absolute atomic E-state index is 0.347. The molecule has 5 nitrogen and oxygen atoms in total. The molecule has 72 valence electrons. The van der Waals surface area contributed by atoms with E-state index in [1.54, 1.807) is 0 Å². The molecule has 0 aliphatic carbocycles. The van der Waals surface area contributed by atoms with Crippen molar-refractivity contribution in [1.82, 2.24) is 14.8 Å². The minimum Gasteiger partial charge on any atom is -0.381 e. The highest BCUT2D eigenvalue weighted by molar-refractivity contribution is 7.71. The van der Waals surface area contributed by atoms with Crippen LogP contribution < -0.4 is 5.73 Å². The van der Waals surface area contributed by atoms with Gasteiger partial charge in [0.15, 0.2) is 4.77 Å². The maximum absolute atomic E-state index is 5.69. The Morgan fingerprint density at radius 3 is 2.77 bits per heavy atom. The summed E-state index contributed by atoms with van der Waals surface area (Å²) in [5, 5.41) is 6.56. The van der Waals surface area contributed by atoms with Gasteiger partial charge in [-0.15, -0.1) is 5.10 Å². The van der Waals surface area contributed by atoms with Crippen LogP contribution in [0.5, 0.6) is 0 Å². The van der Waals surface area contributed by atoms with Crippen molar-refractivity contribution in [3.8, 4) is 0 Å². The van der Waals surface area contributed by atoms with Crippen LogP contribution in [0.3, 0.4) is 0 Å². The molecule has 2 heterocycles. The average molecular weight is 200 g/mol. The summed E-state index contributed by atoms with van der Waals surface area (Å²) in [4.78, 5) is 0. The summed E-state index contributed by atoms with van der Waals surface area (Å²) in [7, 11) is 0. The van der Waals surface area contributed by atoms with E-state index in [-0.39, 0.29) is 0 Å². The van der Waals surface area contributed by atoms with Gasteiger partial charge < -0.3 is 10.5 Å². The normalized spacial score (nSPS) is 19.1. The molecule has 6 heteroatoms. The van der Waals surface area contributed by atoms with E-state index in [4.69, 9.17) is 22.7 Å². The summed E-state index contributed by atoms with van der Waals surface area (Å²) in [5.41, 5.74) is 5.69. The third-order valence-corrected chi connectivity index (χ3v) is 2.58. The zero-order valence-electron chi connectivity index (χ0n) is 7.19. The smallest absolute Gasteiger partial charge is 0.220 e. The van der Waals surface area contributed by atoms with Gasteiger partial charge >= 0.3 is 0 Å². The molecule has 0 amide bonds. The Balaban J connectivity index is 2.27. The number of hydrogen-bond acceptors (Lipinski definition) is 4. The molecular weight excluding hydrogens is 188 g/mol. The Hall–Kier alpha value is -0.880. The van der Waals surface area contributed by atoms with E-state index in [0.29, 0.717) is 16.8 Å². The zero-order valence-corrected chi connectivity index (χ0v) is 8.01. The number of aromatic nitrogens is 3. The van der Waals surface area contributed by atoms with E-state index < -0.39 is 0 Å². The second-order valence-electron chi connectivity index (χ2n) is 3.10. The van der Waals surface area contributed by atoms with Gasteiger partial charge in [-0.3, -0.25) is 4.57 Å². The standard InChI is InChI=1S/C7H12N4OS/c8-6-9-10-7(13)11(6)5-1-3-12-4-2-5/h5H,1-4H2,(H2,8,9)(H,10,13). The highest BCUT2D eigenvalue weighted by Gasteiger charge is 2.18. The number of nitrogens with one attached hydrogen (secondary N) is 1.